The number of nitrogens with zero attached hydrogens (tertiary/aromatic N) is 2. The van der Waals surface area contributed by atoms with Crippen molar-refractivity contribution in [3.05, 3.63) is 40.3 Å². The highest BCUT2D eigenvalue weighted by Gasteiger charge is 2.06. The van der Waals surface area contributed by atoms with Gasteiger partial charge in [-0.25, -0.2) is 9.78 Å². The molecule has 2 aromatic heterocycles. The molecule has 1 N–H and O–H groups in total. The van der Waals surface area contributed by atoms with Gasteiger partial charge in [0.2, 0.25) is 0 Å². The second-order valence-electron chi connectivity index (χ2n) is 3.17. The summed E-state index contributed by atoms with van der Waals surface area (Å²) >= 11 is 0. The molecule has 76 valence electrons. The zero-order valence-electron chi connectivity index (χ0n) is 7.97. The van der Waals surface area contributed by atoms with Crippen LogP contribution in [0.15, 0.2) is 29.2 Å². The van der Waals surface area contributed by atoms with Gasteiger partial charge in [0.1, 0.15) is 5.65 Å². The standard InChI is InChI=1S/C10H8N2O3/c1-12-8(13)3-2-6-4-7(10(14)15)5-11-9(6)12/h2-5H,1H3,(H,14,15). The molecule has 2 rings (SSSR count). The third-order valence-electron chi connectivity index (χ3n) is 2.20. The first-order valence-corrected chi connectivity index (χ1v) is 4.28. The molecule has 0 unspecified atom stereocenters. The van der Waals surface area contributed by atoms with Crippen LogP contribution in [-0.4, -0.2) is 20.6 Å². The van der Waals surface area contributed by atoms with E-state index in [1.165, 1.54) is 22.9 Å². The quantitative estimate of drug-likeness (QED) is 0.739. The van der Waals surface area contributed by atoms with E-state index < -0.39 is 5.97 Å². The van der Waals surface area contributed by atoms with E-state index in [4.69, 9.17) is 5.11 Å². The Labute approximate surface area is 84.6 Å². The summed E-state index contributed by atoms with van der Waals surface area (Å²) < 4.78 is 1.38. The van der Waals surface area contributed by atoms with Crippen molar-refractivity contribution in [3.63, 3.8) is 0 Å². The molecule has 0 aliphatic rings. The zero-order valence-corrected chi connectivity index (χ0v) is 7.97. The average molecular weight is 204 g/mol. The fraction of sp³-hybridized carbons (Fsp3) is 0.100. The topological polar surface area (TPSA) is 72.2 Å². The largest absolute Gasteiger partial charge is 0.478 e. The van der Waals surface area contributed by atoms with E-state index in [1.54, 1.807) is 13.1 Å². The highest BCUT2D eigenvalue weighted by Crippen LogP contribution is 2.10. The number of aryl methyl sites for hydroxylation is 1. The van der Waals surface area contributed by atoms with Crippen molar-refractivity contribution in [1.29, 1.82) is 0 Å². The molecule has 0 aliphatic carbocycles. The first-order valence-electron chi connectivity index (χ1n) is 4.28. The van der Waals surface area contributed by atoms with Crippen LogP contribution in [-0.2, 0) is 7.05 Å². The van der Waals surface area contributed by atoms with Gasteiger partial charge in [-0.15, -0.1) is 0 Å². The predicted octanol–water partition coefficient (Wildman–Crippen LogP) is 0.632. The van der Waals surface area contributed by atoms with Crippen molar-refractivity contribution in [2.75, 3.05) is 0 Å². The SMILES string of the molecule is Cn1c(=O)ccc2cc(C(=O)O)cnc21. The maximum absolute atomic E-state index is 11.3. The van der Waals surface area contributed by atoms with Crippen LogP contribution >= 0.6 is 0 Å². The van der Waals surface area contributed by atoms with Crippen LogP contribution in [0.4, 0.5) is 0 Å². The van der Waals surface area contributed by atoms with Crippen LogP contribution in [0.5, 0.6) is 0 Å². The average Bonchev–Trinajstić information content (AvgIpc) is 2.23. The number of rotatable bonds is 1. The maximum Gasteiger partial charge on any atom is 0.337 e. The van der Waals surface area contributed by atoms with Crippen molar-refractivity contribution in [2.45, 2.75) is 0 Å². The van der Waals surface area contributed by atoms with Crippen LogP contribution in [0.2, 0.25) is 0 Å². The number of carboxylic acid groups (broad SMARTS) is 1. The molecule has 0 aromatic carbocycles. The Balaban J connectivity index is 2.81. The van der Waals surface area contributed by atoms with Gasteiger partial charge in [0.25, 0.3) is 5.56 Å². The summed E-state index contributed by atoms with van der Waals surface area (Å²) in [7, 11) is 1.60. The highest BCUT2D eigenvalue weighted by molar-refractivity contribution is 5.91. The minimum atomic E-state index is -1.03. The molecular weight excluding hydrogens is 196 g/mol. The van der Waals surface area contributed by atoms with Gasteiger partial charge in [-0.1, -0.05) is 0 Å². The first kappa shape index (κ1) is 9.39. The van der Waals surface area contributed by atoms with E-state index >= 15 is 0 Å². The van der Waals surface area contributed by atoms with Gasteiger partial charge < -0.3 is 5.11 Å². The summed E-state index contributed by atoms with van der Waals surface area (Å²) in [4.78, 5) is 25.9. The van der Waals surface area contributed by atoms with Crippen molar-refractivity contribution in [3.8, 4) is 0 Å². The molecule has 15 heavy (non-hydrogen) atoms. The first-order chi connectivity index (χ1) is 7.09. The van der Waals surface area contributed by atoms with Crippen LogP contribution in [0, 0.1) is 0 Å². The molecule has 0 fully saturated rings. The van der Waals surface area contributed by atoms with Crippen LogP contribution in [0.25, 0.3) is 11.0 Å². The Hall–Kier alpha value is -2.17. The second kappa shape index (κ2) is 3.20. The summed E-state index contributed by atoms with van der Waals surface area (Å²) in [5, 5.41) is 9.40. The van der Waals surface area contributed by atoms with Gasteiger partial charge in [-0.3, -0.25) is 9.36 Å². The molecular formula is C10H8N2O3. The van der Waals surface area contributed by atoms with Crippen molar-refractivity contribution in [2.24, 2.45) is 7.05 Å². The third-order valence-corrected chi connectivity index (χ3v) is 2.20. The number of carboxylic acids is 1. The molecule has 0 aliphatic heterocycles. The van der Waals surface area contributed by atoms with Crippen molar-refractivity contribution >= 4 is 17.0 Å². The monoisotopic (exact) mass is 204 g/mol. The van der Waals surface area contributed by atoms with Gasteiger partial charge in [0.05, 0.1) is 5.56 Å². The van der Waals surface area contributed by atoms with Crippen molar-refractivity contribution in [1.82, 2.24) is 9.55 Å². The Bertz CT molecular complexity index is 601. The van der Waals surface area contributed by atoms with E-state index in [1.807, 2.05) is 0 Å². The Morgan fingerprint density at radius 2 is 2.20 bits per heavy atom. The highest BCUT2D eigenvalue weighted by atomic mass is 16.4. The Morgan fingerprint density at radius 3 is 2.87 bits per heavy atom. The van der Waals surface area contributed by atoms with E-state index in [-0.39, 0.29) is 11.1 Å². The van der Waals surface area contributed by atoms with E-state index in [0.29, 0.717) is 11.0 Å². The molecule has 2 aromatic rings. The van der Waals surface area contributed by atoms with Crippen molar-refractivity contribution < 1.29 is 9.90 Å². The van der Waals surface area contributed by atoms with Crippen LogP contribution in [0.3, 0.4) is 0 Å². The fourth-order valence-electron chi connectivity index (χ4n) is 1.37. The van der Waals surface area contributed by atoms with E-state index in [9.17, 15) is 9.59 Å². The number of aromatic nitrogens is 2. The zero-order chi connectivity index (χ0) is 11.0. The molecule has 0 radical (unpaired) electrons. The van der Waals surface area contributed by atoms with Gasteiger partial charge in [0.15, 0.2) is 0 Å². The molecule has 0 atom stereocenters. The van der Waals surface area contributed by atoms with E-state index in [2.05, 4.69) is 4.98 Å². The lowest BCUT2D eigenvalue weighted by Gasteiger charge is -2.03. The smallest absolute Gasteiger partial charge is 0.337 e. The van der Waals surface area contributed by atoms with Gasteiger partial charge in [-0.2, -0.15) is 0 Å². The van der Waals surface area contributed by atoms with Gasteiger partial charge in [0, 0.05) is 24.7 Å². The minimum absolute atomic E-state index is 0.112. The summed E-state index contributed by atoms with van der Waals surface area (Å²) in [6.07, 6.45) is 1.24. The maximum atomic E-state index is 11.3. The second-order valence-corrected chi connectivity index (χ2v) is 3.17. The molecule has 0 saturated carbocycles. The lowest BCUT2D eigenvalue weighted by molar-refractivity contribution is 0.0696. The number of carbonyl (C=O) groups is 1. The molecule has 0 spiro atoms. The van der Waals surface area contributed by atoms with Crippen LogP contribution in [0.1, 0.15) is 10.4 Å². The third kappa shape index (κ3) is 1.48. The summed E-state index contributed by atoms with van der Waals surface area (Å²) in [6.45, 7) is 0. The Morgan fingerprint density at radius 1 is 1.47 bits per heavy atom. The summed E-state index contributed by atoms with van der Waals surface area (Å²) in [5.74, 6) is -1.03. The molecule has 0 bridgehead atoms. The number of hydrogen-bond donors (Lipinski definition) is 1. The molecule has 5 heteroatoms. The number of pyridine rings is 2. The summed E-state index contributed by atoms with van der Waals surface area (Å²) in [6, 6.07) is 4.44. The number of aromatic carboxylic acids is 1. The molecule has 5 nitrogen and oxygen atoms in total. The summed E-state index contributed by atoms with van der Waals surface area (Å²) in [5.41, 5.74) is 0.423. The molecule has 2 heterocycles. The van der Waals surface area contributed by atoms with E-state index in [0.717, 1.165) is 0 Å². The molecule has 0 amide bonds. The minimum Gasteiger partial charge on any atom is -0.478 e. The Kier molecular flexibility index (Phi) is 2.00. The predicted molar refractivity (Wildman–Crippen MR) is 53.9 cm³/mol. The molecule has 0 saturated heterocycles. The normalized spacial score (nSPS) is 10.5. The lowest BCUT2D eigenvalue weighted by atomic mass is 10.2. The van der Waals surface area contributed by atoms with Gasteiger partial charge >= 0.3 is 5.97 Å². The fourth-order valence-corrected chi connectivity index (χ4v) is 1.37. The van der Waals surface area contributed by atoms with Gasteiger partial charge in [-0.05, 0) is 12.1 Å². The number of fused-ring (bicyclic) bond motifs is 1. The lowest BCUT2D eigenvalue weighted by Crippen LogP contribution is -2.16. The van der Waals surface area contributed by atoms with Crippen LogP contribution < -0.4 is 5.56 Å². The number of hydrogen-bond acceptors (Lipinski definition) is 3.